The van der Waals surface area contributed by atoms with Gasteiger partial charge in [-0.2, -0.15) is 0 Å². The predicted molar refractivity (Wildman–Crippen MR) is 68.6 cm³/mol. The van der Waals surface area contributed by atoms with Crippen LogP contribution in [0, 0.1) is 12.7 Å². The van der Waals surface area contributed by atoms with E-state index < -0.39 is 5.82 Å². The minimum absolute atomic E-state index is 0.178. The van der Waals surface area contributed by atoms with E-state index in [1.54, 1.807) is 6.07 Å². The van der Waals surface area contributed by atoms with Crippen molar-refractivity contribution in [2.24, 2.45) is 0 Å². The Morgan fingerprint density at radius 1 is 1.53 bits per heavy atom. The highest BCUT2D eigenvalue weighted by Gasteiger charge is 2.08. The number of anilines is 1. The lowest BCUT2D eigenvalue weighted by Gasteiger charge is -2.09. The van der Waals surface area contributed by atoms with Crippen molar-refractivity contribution in [1.29, 1.82) is 0 Å². The number of hydrogen-bond acceptors (Lipinski definition) is 2. The van der Waals surface area contributed by atoms with Gasteiger partial charge in [-0.1, -0.05) is 0 Å². The number of aryl methyl sites for hydroxylation is 1. The van der Waals surface area contributed by atoms with Gasteiger partial charge in [-0.05, 0) is 47.5 Å². The molecule has 0 aromatic heterocycles. The topological polar surface area (TPSA) is 38.3 Å². The van der Waals surface area contributed by atoms with E-state index in [2.05, 4.69) is 21.2 Å². The van der Waals surface area contributed by atoms with E-state index >= 15 is 0 Å². The van der Waals surface area contributed by atoms with Crippen molar-refractivity contribution in [3.05, 3.63) is 28.0 Å². The maximum absolute atomic E-state index is 13.3. The lowest BCUT2D eigenvalue weighted by atomic mass is 10.2. The summed E-state index contributed by atoms with van der Waals surface area (Å²) >= 11 is 3.09. The molecule has 0 unspecified atom stereocenters. The summed E-state index contributed by atoms with van der Waals surface area (Å²) in [6, 6.07) is 2.94. The van der Waals surface area contributed by atoms with Crippen LogP contribution in [0.1, 0.15) is 18.9 Å². The van der Waals surface area contributed by atoms with Gasteiger partial charge in [0.15, 0.2) is 0 Å². The molecular weight excluding hydrogens is 289 g/mol. The number of carbonyl (C=O) groups is 1. The molecule has 1 aromatic carbocycles. The van der Waals surface area contributed by atoms with Crippen LogP contribution in [0.4, 0.5) is 10.1 Å². The smallest absolute Gasteiger partial charge is 0.226 e. The fraction of sp³-hybridized carbons (Fsp3) is 0.417. The van der Waals surface area contributed by atoms with Crippen LogP contribution in [0.2, 0.25) is 0 Å². The van der Waals surface area contributed by atoms with Crippen molar-refractivity contribution < 1.29 is 13.9 Å². The number of halogens is 2. The summed E-state index contributed by atoms with van der Waals surface area (Å²) in [6.07, 6.45) is 0.269. The normalized spacial score (nSPS) is 10.4. The van der Waals surface area contributed by atoms with Gasteiger partial charge in [0.25, 0.3) is 0 Å². The SMILES string of the molecule is CCOCCC(=O)Nc1cc(F)c(Br)cc1C. The Balaban J connectivity index is 2.62. The minimum Gasteiger partial charge on any atom is -0.381 e. The minimum atomic E-state index is -0.393. The first kappa shape index (κ1) is 14.1. The third kappa shape index (κ3) is 4.44. The number of nitrogens with one attached hydrogen (secondary N) is 1. The third-order valence-corrected chi connectivity index (χ3v) is 2.83. The van der Waals surface area contributed by atoms with Gasteiger partial charge in [0.1, 0.15) is 5.82 Å². The summed E-state index contributed by atoms with van der Waals surface area (Å²) < 4.78 is 18.8. The van der Waals surface area contributed by atoms with Crippen LogP contribution in [0.15, 0.2) is 16.6 Å². The lowest BCUT2D eigenvalue weighted by molar-refractivity contribution is -0.117. The Bertz CT molecular complexity index is 410. The summed E-state index contributed by atoms with van der Waals surface area (Å²) in [6.45, 7) is 4.63. The average Bonchev–Trinajstić information content (AvgIpc) is 2.26. The first-order chi connectivity index (χ1) is 8.04. The molecule has 0 aliphatic rings. The Hall–Kier alpha value is -0.940. The van der Waals surface area contributed by atoms with Crippen LogP contribution in [-0.2, 0) is 9.53 Å². The molecule has 0 heterocycles. The second-order valence-corrected chi connectivity index (χ2v) is 4.43. The van der Waals surface area contributed by atoms with Crippen molar-refractivity contribution in [3.63, 3.8) is 0 Å². The Labute approximate surface area is 108 Å². The molecule has 94 valence electrons. The van der Waals surface area contributed by atoms with E-state index in [0.29, 0.717) is 23.4 Å². The van der Waals surface area contributed by atoms with Crippen LogP contribution in [0.3, 0.4) is 0 Å². The number of benzene rings is 1. The maximum atomic E-state index is 13.3. The fourth-order valence-corrected chi connectivity index (χ4v) is 1.76. The summed E-state index contributed by atoms with van der Waals surface area (Å²) in [4.78, 5) is 11.5. The van der Waals surface area contributed by atoms with Gasteiger partial charge in [0, 0.05) is 12.3 Å². The fourth-order valence-electron chi connectivity index (χ4n) is 1.30. The van der Waals surface area contributed by atoms with Gasteiger partial charge < -0.3 is 10.1 Å². The van der Waals surface area contributed by atoms with Gasteiger partial charge in [-0.25, -0.2) is 4.39 Å². The largest absolute Gasteiger partial charge is 0.381 e. The Morgan fingerprint density at radius 2 is 2.24 bits per heavy atom. The van der Waals surface area contributed by atoms with Crippen molar-refractivity contribution in [1.82, 2.24) is 0 Å². The molecule has 0 radical (unpaired) electrons. The highest BCUT2D eigenvalue weighted by Crippen LogP contribution is 2.23. The van der Waals surface area contributed by atoms with E-state index in [4.69, 9.17) is 4.74 Å². The predicted octanol–water partition coefficient (Wildman–Crippen LogP) is 3.26. The Morgan fingerprint density at radius 3 is 2.88 bits per heavy atom. The number of hydrogen-bond donors (Lipinski definition) is 1. The van der Waals surface area contributed by atoms with Gasteiger partial charge in [0.2, 0.25) is 5.91 Å². The van der Waals surface area contributed by atoms with E-state index in [9.17, 15) is 9.18 Å². The van der Waals surface area contributed by atoms with Gasteiger partial charge in [0.05, 0.1) is 17.5 Å². The second kappa shape index (κ2) is 6.71. The molecule has 3 nitrogen and oxygen atoms in total. The molecule has 1 aromatic rings. The van der Waals surface area contributed by atoms with Crippen LogP contribution in [0.5, 0.6) is 0 Å². The summed E-state index contributed by atoms with van der Waals surface area (Å²) in [7, 11) is 0. The molecule has 1 N–H and O–H groups in total. The molecular formula is C12H15BrFNO2. The van der Waals surface area contributed by atoms with Crippen molar-refractivity contribution in [3.8, 4) is 0 Å². The van der Waals surface area contributed by atoms with Crippen LogP contribution >= 0.6 is 15.9 Å². The molecule has 0 aliphatic carbocycles. The highest BCUT2D eigenvalue weighted by atomic mass is 79.9. The molecule has 1 amide bonds. The first-order valence-electron chi connectivity index (χ1n) is 5.37. The van der Waals surface area contributed by atoms with Gasteiger partial charge in [-0.3, -0.25) is 4.79 Å². The van der Waals surface area contributed by atoms with E-state index in [0.717, 1.165) is 5.56 Å². The molecule has 5 heteroatoms. The molecule has 17 heavy (non-hydrogen) atoms. The highest BCUT2D eigenvalue weighted by molar-refractivity contribution is 9.10. The van der Waals surface area contributed by atoms with Crippen LogP contribution in [-0.4, -0.2) is 19.1 Å². The summed E-state index contributed by atoms with van der Waals surface area (Å²) in [5.74, 6) is -0.570. The molecule has 0 saturated heterocycles. The number of ether oxygens (including phenoxy) is 1. The van der Waals surface area contributed by atoms with Crippen molar-refractivity contribution >= 4 is 27.5 Å². The number of amides is 1. The second-order valence-electron chi connectivity index (χ2n) is 3.58. The first-order valence-corrected chi connectivity index (χ1v) is 6.17. The quantitative estimate of drug-likeness (QED) is 0.848. The van der Waals surface area contributed by atoms with E-state index in [1.807, 2.05) is 13.8 Å². The van der Waals surface area contributed by atoms with E-state index in [-0.39, 0.29) is 12.3 Å². The Kier molecular flexibility index (Phi) is 5.58. The monoisotopic (exact) mass is 303 g/mol. The standard InChI is InChI=1S/C12H15BrFNO2/c1-3-17-5-4-12(16)15-11-7-10(14)9(13)6-8(11)2/h6-7H,3-5H2,1-2H3,(H,15,16). The molecule has 1 rings (SSSR count). The molecule has 0 aliphatic heterocycles. The zero-order valence-electron chi connectivity index (χ0n) is 9.85. The van der Waals surface area contributed by atoms with Crippen LogP contribution in [0.25, 0.3) is 0 Å². The summed E-state index contributed by atoms with van der Waals surface area (Å²) in [5.41, 5.74) is 1.30. The van der Waals surface area contributed by atoms with Crippen molar-refractivity contribution in [2.75, 3.05) is 18.5 Å². The number of carbonyl (C=O) groups excluding carboxylic acids is 1. The van der Waals surface area contributed by atoms with Crippen LogP contribution < -0.4 is 5.32 Å². The molecule has 0 saturated carbocycles. The molecule has 0 bridgehead atoms. The van der Waals surface area contributed by atoms with Gasteiger partial charge in [-0.15, -0.1) is 0 Å². The lowest BCUT2D eigenvalue weighted by Crippen LogP contribution is -2.15. The molecule has 0 atom stereocenters. The zero-order valence-corrected chi connectivity index (χ0v) is 11.4. The zero-order chi connectivity index (χ0) is 12.8. The van der Waals surface area contributed by atoms with E-state index in [1.165, 1.54) is 6.07 Å². The molecule has 0 spiro atoms. The maximum Gasteiger partial charge on any atom is 0.226 e. The molecule has 0 fully saturated rings. The van der Waals surface area contributed by atoms with Crippen molar-refractivity contribution in [2.45, 2.75) is 20.3 Å². The average molecular weight is 304 g/mol. The third-order valence-electron chi connectivity index (χ3n) is 2.22. The summed E-state index contributed by atoms with van der Waals surface area (Å²) in [5, 5.41) is 2.66. The number of rotatable bonds is 5. The van der Waals surface area contributed by atoms with Gasteiger partial charge >= 0.3 is 0 Å².